The first-order chi connectivity index (χ1) is 16.2. The number of nitrogens with zero attached hydrogens (tertiary/aromatic N) is 2. The highest BCUT2D eigenvalue weighted by Gasteiger charge is 2.47. The summed E-state index contributed by atoms with van der Waals surface area (Å²) in [6, 6.07) is 16.7. The maximum atomic E-state index is 13.3. The zero-order chi connectivity index (χ0) is 24.6. The van der Waals surface area contributed by atoms with Crippen LogP contribution in [0.5, 0.6) is 5.75 Å². The molecule has 0 aromatic heterocycles. The molecule has 1 aliphatic heterocycles. The smallest absolute Gasteiger partial charge is 0.300 e. The molecule has 1 aliphatic rings. The zero-order valence-electron chi connectivity index (χ0n) is 18.8. The Morgan fingerprint density at radius 2 is 1.65 bits per heavy atom. The van der Waals surface area contributed by atoms with Gasteiger partial charge < -0.3 is 9.84 Å². The lowest BCUT2D eigenvalue weighted by molar-refractivity contribution is -0.384. The monoisotopic (exact) mass is 458 g/mol. The van der Waals surface area contributed by atoms with E-state index in [4.69, 9.17) is 4.74 Å². The van der Waals surface area contributed by atoms with E-state index < -0.39 is 28.4 Å². The van der Waals surface area contributed by atoms with E-state index in [0.717, 1.165) is 11.1 Å². The second-order valence-corrected chi connectivity index (χ2v) is 8.10. The Morgan fingerprint density at radius 3 is 2.24 bits per heavy atom. The Labute approximate surface area is 195 Å². The standard InChI is InChI=1S/C26H22N2O6/c1-15-11-16(2)13-20(12-15)27-23(18-5-4-6-21(14-18)34-3)22(25(30)26(27)31)24(29)17-7-9-19(10-8-17)28(32)33/h4-14,23,29H,1-3H3/b24-22-. The third-order valence-electron chi connectivity index (χ3n) is 5.69. The number of anilines is 1. The molecule has 0 saturated carbocycles. The van der Waals surface area contributed by atoms with E-state index in [2.05, 4.69) is 0 Å². The van der Waals surface area contributed by atoms with Gasteiger partial charge in [0, 0.05) is 23.4 Å². The Kier molecular flexibility index (Phi) is 5.89. The van der Waals surface area contributed by atoms with Crippen molar-refractivity contribution in [1.29, 1.82) is 0 Å². The van der Waals surface area contributed by atoms with Crippen LogP contribution >= 0.6 is 0 Å². The fourth-order valence-electron chi connectivity index (χ4n) is 4.21. The highest BCUT2D eigenvalue weighted by atomic mass is 16.6. The Hall–Kier alpha value is -4.46. The number of rotatable bonds is 5. The SMILES string of the molecule is COc1cccc(C2/C(=C(/O)c3ccc([N+](=O)[O-])cc3)C(=O)C(=O)N2c2cc(C)cc(C)c2)c1. The minimum absolute atomic E-state index is 0.105. The molecule has 3 aromatic rings. The fourth-order valence-corrected chi connectivity index (χ4v) is 4.21. The summed E-state index contributed by atoms with van der Waals surface area (Å²) < 4.78 is 5.33. The van der Waals surface area contributed by atoms with Crippen molar-refractivity contribution < 1.29 is 24.4 Å². The maximum Gasteiger partial charge on any atom is 0.300 e. The molecule has 1 saturated heterocycles. The molecule has 8 heteroatoms. The van der Waals surface area contributed by atoms with Gasteiger partial charge in [-0.3, -0.25) is 24.6 Å². The molecule has 1 unspecified atom stereocenters. The van der Waals surface area contributed by atoms with E-state index >= 15 is 0 Å². The van der Waals surface area contributed by atoms with Gasteiger partial charge in [0.25, 0.3) is 17.4 Å². The summed E-state index contributed by atoms with van der Waals surface area (Å²) in [7, 11) is 1.51. The number of non-ortho nitro benzene ring substituents is 1. The van der Waals surface area contributed by atoms with Crippen LogP contribution in [-0.4, -0.2) is 28.8 Å². The van der Waals surface area contributed by atoms with E-state index in [0.29, 0.717) is 17.0 Å². The number of ketones is 1. The Balaban J connectivity index is 1.95. The van der Waals surface area contributed by atoms with Crippen molar-refractivity contribution in [3.8, 4) is 5.75 Å². The lowest BCUT2D eigenvalue weighted by Crippen LogP contribution is -2.29. The molecule has 1 amide bonds. The highest BCUT2D eigenvalue weighted by molar-refractivity contribution is 6.51. The minimum Gasteiger partial charge on any atom is -0.507 e. The molecule has 0 bridgehead atoms. The molecule has 0 aliphatic carbocycles. The molecule has 1 heterocycles. The quantitative estimate of drug-likeness (QED) is 0.192. The number of aliphatic hydroxyl groups is 1. The Morgan fingerprint density at radius 1 is 1.00 bits per heavy atom. The molecule has 0 radical (unpaired) electrons. The number of carbonyl (C=O) groups is 2. The van der Waals surface area contributed by atoms with Crippen LogP contribution in [0, 0.1) is 24.0 Å². The molecule has 172 valence electrons. The van der Waals surface area contributed by atoms with Crippen LogP contribution in [0.15, 0.2) is 72.3 Å². The van der Waals surface area contributed by atoms with Crippen LogP contribution in [0.3, 0.4) is 0 Å². The molecule has 1 N–H and O–H groups in total. The number of benzene rings is 3. The number of Topliss-reactive ketones (excluding diaryl/α,β-unsaturated/α-hetero) is 1. The van der Waals surface area contributed by atoms with Gasteiger partial charge in [0.05, 0.1) is 23.6 Å². The second-order valence-electron chi connectivity index (χ2n) is 8.10. The van der Waals surface area contributed by atoms with E-state index in [1.54, 1.807) is 36.4 Å². The number of ether oxygens (including phenoxy) is 1. The van der Waals surface area contributed by atoms with E-state index in [-0.39, 0.29) is 16.8 Å². The fraction of sp³-hybridized carbons (Fsp3) is 0.154. The minimum atomic E-state index is -0.925. The predicted octanol–water partition coefficient (Wildman–Crippen LogP) is 4.85. The van der Waals surface area contributed by atoms with Crippen molar-refractivity contribution in [2.75, 3.05) is 12.0 Å². The summed E-state index contributed by atoms with van der Waals surface area (Å²) in [5.74, 6) is -1.50. The molecule has 1 fully saturated rings. The van der Waals surface area contributed by atoms with Crippen molar-refractivity contribution in [3.63, 3.8) is 0 Å². The van der Waals surface area contributed by atoms with E-state index in [1.807, 2.05) is 19.9 Å². The summed E-state index contributed by atoms with van der Waals surface area (Å²) in [6.07, 6.45) is 0. The molecule has 1 atom stereocenters. The van der Waals surface area contributed by atoms with Crippen LogP contribution in [0.1, 0.15) is 28.3 Å². The number of hydrogen-bond donors (Lipinski definition) is 1. The molecule has 3 aromatic carbocycles. The van der Waals surface area contributed by atoms with Crippen LogP contribution in [0.4, 0.5) is 11.4 Å². The van der Waals surface area contributed by atoms with Crippen molar-refractivity contribution in [2.24, 2.45) is 0 Å². The third kappa shape index (κ3) is 4.01. The normalized spacial score (nSPS) is 17.1. The number of nitro groups is 1. The summed E-state index contributed by atoms with van der Waals surface area (Å²) in [4.78, 5) is 38.3. The lowest BCUT2D eigenvalue weighted by atomic mass is 9.94. The topological polar surface area (TPSA) is 110 Å². The van der Waals surface area contributed by atoms with Crippen LogP contribution in [-0.2, 0) is 9.59 Å². The van der Waals surface area contributed by atoms with Gasteiger partial charge in [-0.1, -0.05) is 18.2 Å². The average Bonchev–Trinajstić information content (AvgIpc) is 3.08. The first kappa shape index (κ1) is 22.7. The van der Waals surface area contributed by atoms with Crippen LogP contribution < -0.4 is 9.64 Å². The number of carbonyl (C=O) groups excluding carboxylic acids is 2. The second kappa shape index (κ2) is 8.82. The van der Waals surface area contributed by atoms with Crippen molar-refractivity contribution in [2.45, 2.75) is 19.9 Å². The number of hydrogen-bond acceptors (Lipinski definition) is 6. The molecule has 34 heavy (non-hydrogen) atoms. The Bertz CT molecular complexity index is 1320. The summed E-state index contributed by atoms with van der Waals surface area (Å²) >= 11 is 0. The van der Waals surface area contributed by atoms with E-state index in [9.17, 15) is 24.8 Å². The summed E-state index contributed by atoms with van der Waals surface area (Å²) in [5, 5.41) is 22.1. The first-order valence-electron chi connectivity index (χ1n) is 10.5. The summed E-state index contributed by atoms with van der Waals surface area (Å²) in [5.41, 5.74) is 2.85. The summed E-state index contributed by atoms with van der Waals surface area (Å²) in [6.45, 7) is 3.79. The van der Waals surface area contributed by atoms with Crippen LogP contribution in [0.2, 0.25) is 0 Å². The van der Waals surface area contributed by atoms with Gasteiger partial charge in [-0.15, -0.1) is 0 Å². The molecule has 0 spiro atoms. The number of aryl methyl sites for hydroxylation is 2. The highest BCUT2D eigenvalue weighted by Crippen LogP contribution is 2.43. The lowest BCUT2D eigenvalue weighted by Gasteiger charge is -2.26. The van der Waals surface area contributed by atoms with Crippen molar-refractivity contribution in [1.82, 2.24) is 0 Å². The zero-order valence-corrected chi connectivity index (χ0v) is 18.8. The van der Waals surface area contributed by atoms with Gasteiger partial charge in [0.2, 0.25) is 0 Å². The third-order valence-corrected chi connectivity index (χ3v) is 5.69. The average molecular weight is 458 g/mol. The van der Waals surface area contributed by atoms with Gasteiger partial charge >= 0.3 is 0 Å². The van der Waals surface area contributed by atoms with Gasteiger partial charge in [-0.05, 0) is 66.9 Å². The van der Waals surface area contributed by atoms with Gasteiger partial charge in [-0.2, -0.15) is 0 Å². The number of methoxy groups -OCH3 is 1. The number of aliphatic hydroxyl groups excluding tert-OH is 1. The van der Waals surface area contributed by atoms with Crippen molar-refractivity contribution in [3.05, 3.63) is 105 Å². The molecular formula is C26H22N2O6. The largest absolute Gasteiger partial charge is 0.507 e. The van der Waals surface area contributed by atoms with Crippen molar-refractivity contribution >= 4 is 28.8 Å². The molecule has 4 rings (SSSR count). The number of nitro benzene ring substituents is 1. The number of amides is 1. The van der Waals surface area contributed by atoms with Crippen LogP contribution in [0.25, 0.3) is 5.76 Å². The van der Waals surface area contributed by atoms with Gasteiger partial charge in [0.1, 0.15) is 11.5 Å². The van der Waals surface area contributed by atoms with E-state index in [1.165, 1.54) is 36.3 Å². The molecule has 8 nitrogen and oxygen atoms in total. The maximum absolute atomic E-state index is 13.3. The molecular weight excluding hydrogens is 436 g/mol. The predicted molar refractivity (Wildman–Crippen MR) is 127 cm³/mol. The van der Waals surface area contributed by atoms with Gasteiger partial charge in [0.15, 0.2) is 0 Å². The van der Waals surface area contributed by atoms with Gasteiger partial charge in [-0.25, -0.2) is 0 Å². The first-order valence-corrected chi connectivity index (χ1v) is 10.5.